The molecule has 0 fully saturated rings. The van der Waals surface area contributed by atoms with E-state index in [2.05, 4.69) is 29.2 Å². The van der Waals surface area contributed by atoms with Crippen molar-refractivity contribution in [3.63, 3.8) is 0 Å². The first-order valence-electron chi connectivity index (χ1n) is 7.79. The zero-order valence-corrected chi connectivity index (χ0v) is 15.3. The van der Waals surface area contributed by atoms with E-state index in [0.717, 1.165) is 29.7 Å². The molecule has 0 heterocycles. The van der Waals surface area contributed by atoms with Crippen LogP contribution in [0.4, 0.5) is 5.69 Å². The summed E-state index contributed by atoms with van der Waals surface area (Å²) in [7, 11) is 2.52. The minimum absolute atomic E-state index is 0.166. The summed E-state index contributed by atoms with van der Waals surface area (Å²) >= 11 is 5.30. The first-order valence-corrected chi connectivity index (χ1v) is 8.20. The fraction of sp³-hybridized carbons (Fsp3) is 0.471. The van der Waals surface area contributed by atoms with Crippen LogP contribution in [0.15, 0.2) is 18.2 Å². The van der Waals surface area contributed by atoms with E-state index >= 15 is 0 Å². The monoisotopic (exact) mass is 352 g/mol. The number of carbonyl (C=O) groups is 2. The van der Waals surface area contributed by atoms with Crippen molar-refractivity contribution in [1.82, 2.24) is 5.32 Å². The van der Waals surface area contributed by atoms with Gasteiger partial charge in [-0.05, 0) is 36.2 Å². The lowest BCUT2D eigenvalue weighted by molar-refractivity contribution is -0.149. The summed E-state index contributed by atoms with van der Waals surface area (Å²) in [5.74, 6) is -1.10. The zero-order chi connectivity index (χ0) is 18.1. The number of hydrogen-bond acceptors (Lipinski definition) is 5. The van der Waals surface area contributed by atoms with Crippen molar-refractivity contribution in [3.05, 3.63) is 29.3 Å². The van der Waals surface area contributed by atoms with Crippen LogP contribution in [-0.4, -0.2) is 37.3 Å². The number of anilines is 1. The largest absolute Gasteiger partial charge is 0.469 e. The molecule has 0 aromatic heterocycles. The molecule has 1 atom stereocenters. The number of carbonyl (C=O) groups excluding carboxylic acids is 2. The Hall–Kier alpha value is -2.15. The third-order valence-corrected chi connectivity index (χ3v) is 3.85. The van der Waals surface area contributed by atoms with Crippen molar-refractivity contribution in [2.45, 2.75) is 39.2 Å². The van der Waals surface area contributed by atoms with Gasteiger partial charge in [0, 0.05) is 5.69 Å². The molecule has 0 saturated heterocycles. The average molecular weight is 352 g/mol. The zero-order valence-electron chi connectivity index (χ0n) is 14.5. The Morgan fingerprint density at radius 2 is 1.71 bits per heavy atom. The van der Waals surface area contributed by atoms with E-state index in [-0.39, 0.29) is 11.5 Å². The summed E-state index contributed by atoms with van der Waals surface area (Å²) in [5, 5.41) is 6.23. The van der Waals surface area contributed by atoms with Crippen molar-refractivity contribution in [2.75, 3.05) is 19.5 Å². The molecule has 7 heteroatoms. The van der Waals surface area contributed by atoms with Crippen molar-refractivity contribution < 1.29 is 19.1 Å². The van der Waals surface area contributed by atoms with Crippen molar-refractivity contribution in [3.8, 4) is 0 Å². The number of methoxy groups -OCH3 is 2. The molecule has 132 valence electrons. The van der Waals surface area contributed by atoms with Crippen LogP contribution in [0.25, 0.3) is 0 Å². The van der Waals surface area contributed by atoms with Gasteiger partial charge in [-0.15, -0.1) is 0 Å². The quantitative estimate of drug-likeness (QED) is 0.575. The summed E-state index contributed by atoms with van der Waals surface area (Å²) < 4.78 is 9.30. The highest BCUT2D eigenvalue weighted by atomic mass is 32.1. The third kappa shape index (κ3) is 5.49. The fourth-order valence-electron chi connectivity index (χ4n) is 2.30. The number of esters is 2. The second kappa shape index (κ2) is 9.87. The van der Waals surface area contributed by atoms with Crippen LogP contribution in [0, 0.1) is 0 Å². The maximum atomic E-state index is 11.8. The lowest BCUT2D eigenvalue weighted by Crippen LogP contribution is -2.45. The summed E-state index contributed by atoms with van der Waals surface area (Å²) in [6, 6.07) is 5.15. The van der Waals surface area contributed by atoms with Crippen molar-refractivity contribution >= 4 is 35.0 Å². The van der Waals surface area contributed by atoms with Gasteiger partial charge in [0.05, 0.1) is 20.6 Å². The second-order valence-electron chi connectivity index (χ2n) is 5.11. The van der Waals surface area contributed by atoms with Crippen LogP contribution in [-0.2, 0) is 31.9 Å². The van der Waals surface area contributed by atoms with E-state index in [1.54, 1.807) is 0 Å². The maximum Gasteiger partial charge on any atom is 0.328 e. The molecule has 0 unspecified atom stereocenters. The molecule has 0 aliphatic heterocycles. The van der Waals surface area contributed by atoms with Gasteiger partial charge in [-0.3, -0.25) is 4.79 Å². The van der Waals surface area contributed by atoms with Gasteiger partial charge < -0.3 is 20.1 Å². The molecular weight excluding hydrogens is 328 g/mol. The highest BCUT2D eigenvalue weighted by molar-refractivity contribution is 7.80. The van der Waals surface area contributed by atoms with Gasteiger partial charge >= 0.3 is 11.9 Å². The lowest BCUT2D eigenvalue weighted by atomic mass is 10.0. The molecule has 0 spiro atoms. The van der Waals surface area contributed by atoms with Crippen LogP contribution in [0.3, 0.4) is 0 Å². The molecule has 0 aliphatic carbocycles. The van der Waals surface area contributed by atoms with Crippen LogP contribution in [0.1, 0.15) is 31.4 Å². The van der Waals surface area contributed by atoms with Gasteiger partial charge in [0.1, 0.15) is 6.04 Å². The molecule has 6 nitrogen and oxygen atoms in total. The highest BCUT2D eigenvalue weighted by Gasteiger charge is 2.24. The number of rotatable bonds is 7. The average Bonchev–Trinajstić information content (AvgIpc) is 2.60. The number of thiocarbonyl (C=S) groups is 1. The standard InChI is InChI=1S/C17H24N2O4S/c1-5-11-8-7-9-12(6-2)15(11)19-17(24)18-13(16(21)23-4)10-14(20)22-3/h7-9,13H,5-6,10H2,1-4H3,(H2,18,19,24)/t13-/m1/s1. The normalized spacial score (nSPS) is 11.3. The topological polar surface area (TPSA) is 76.7 Å². The maximum absolute atomic E-state index is 11.8. The molecular formula is C17H24N2O4S. The molecule has 1 aromatic rings. The predicted octanol–water partition coefficient (Wildman–Crippen LogP) is 2.20. The van der Waals surface area contributed by atoms with Crippen LogP contribution >= 0.6 is 12.2 Å². The van der Waals surface area contributed by atoms with Crippen LogP contribution < -0.4 is 10.6 Å². The van der Waals surface area contributed by atoms with E-state index in [1.165, 1.54) is 14.2 Å². The molecule has 0 bridgehead atoms. The smallest absolute Gasteiger partial charge is 0.328 e. The molecule has 0 saturated carbocycles. The Morgan fingerprint density at radius 3 is 2.17 bits per heavy atom. The third-order valence-electron chi connectivity index (χ3n) is 3.63. The Balaban J connectivity index is 2.90. The predicted molar refractivity (Wildman–Crippen MR) is 97.0 cm³/mol. The summed E-state index contributed by atoms with van der Waals surface area (Å²) in [6.07, 6.45) is 1.53. The van der Waals surface area contributed by atoms with E-state index < -0.39 is 18.0 Å². The van der Waals surface area contributed by atoms with Gasteiger partial charge in [-0.25, -0.2) is 4.79 Å². The number of para-hydroxylation sites is 1. The molecule has 2 N–H and O–H groups in total. The highest BCUT2D eigenvalue weighted by Crippen LogP contribution is 2.22. The van der Waals surface area contributed by atoms with Crippen molar-refractivity contribution in [1.29, 1.82) is 0 Å². The molecule has 24 heavy (non-hydrogen) atoms. The fourth-order valence-corrected chi connectivity index (χ4v) is 2.54. The minimum atomic E-state index is -0.902. The van der Waals surface area contributed by atoms with Gasteiger partial charge in [0.25, 0.3) is 0 Å². The van der Waals surface area contributed by atoms with Gasteiger partial charge in [-0.2, -0.15) is 0 Å². The first kappa shape index (κ1) is 19.9. The van der Waals surface area contributed by atoms with E-state index in [1.807, 2.05) is 18.2 Å². The van der Waals surface area contributed by atoms with Crippen LogP contribution in [0.5, 0.6) is 0 Å². The Kier molecular flexibility index (Phi) is 8.18. The number of benzene rings is 1. The van der Waals surface area contributed by atoms with E-state index in [0.29, 0.717) is 0 Å². The molecule has 1 aromatic carbocycles. The molecule has 0 amide bonds. The SMILES string of the molecule is CCc1cccc(CC)c1NC(=S)N[C@H](CC(=O)OC)C(=O)OC. The van der Waals surface area contributed by atoms with Gasteiger partial charge in [-0.1, -0.05) is 32.0 Å². The second-order valence-corrected chi connectivity index (χ2v) is 5.52. The van der Waals surface area contributed by atoms with Crippen LogP contribution in [0.2, 0.25) is 0 Å². The minimum Gasteiger partial charge on any atom is -0.469 e. The lowest BCUT2D eigenvalue weighted by Gasteiger charge is -2.20. The number of aryl methyl sites for hydroxylation is 2. The number of hydrogen-bond donors (Lipinski definition) is 2. The number of nitrogens with one attached hydrogen (secondary N) is 2. The summed E-state index contributed by atoms with van der Waals surface area (Å²) in [5.41, 5.74) is 3.18. The first-order chi connectivity index (χ1) is 11.5. The Bertz CT molecular complexity index is 582. The summed E-state index contributed by atoms with van der Waals surface area (Å²) in [4.78, 5) is 23.3. The molecule has 1 rings (SSSR count). The summed E-state index contributed by atoms with van der Waals surface area (Å²) in [6.45, 7) is 4.12. The molecule has 0 radical (unpaired) electrons. The van der Waals surface area contributed by atoms with Gasteiger partial charge in [0.15, 0.2) is 5.11 Å². The number of ether oxygens (including phenoxy) is 2. The molecule has 0 aliphatic rings. The van der Waals surface area contributed by atoms with E-state index in [4.69, 9.17) is 17.0 Å². The Labute approximate surface area is 147 Å². The van der Waals surface area contributed by atoms with Crippen molar-refractivity contribution in [2.24, 2.45) is 0 Å². The van der Waals surface area contributed by atoms with E-state index in [9.17, 15) is 9.59 Å². The Morgan fingerprint density at radius 1 is 1.12 bits per heavy atom. The van der Waals surface area contributed by atoms with Gasteiger partial charge in [0.2, 0.25) is 0 Å².